The van der Waals surface area contributed by atoms with E-state index >= 15 is 0 Å². The number of nitrogens with zero attached hydrogens (tertiary/aromatic N) is 1. The summed E-state index contributed by atoms with van der Waals surface area (Å²) in [7, 11) is -1.05. The first-order valence-electron chi connectivity index (χ1n) is 6.26. The molecule has 0 aliphatic rings. The highest BCUT2D eigenvalue weighted by atomic mass is 32.2. The lowest BCUT2D eigenvalue weighted by Gasteiger charge is -2.16. The number of hydrogen-bond donors (Lipinski definition) is 1. The van der Waals surface area contributed by atoms with Crippen molar-refractivity contribution in [2.24, 2.45) is 0 Å². The third-order valence-electron chi connectivity index (χ3n) is 2.42. The van der Waals surface area contributed by atoms with Gasteiger partial charge in [0.2, 0.25) is 0 Å². The predicted molar refractivity (Wildman–Crippen MR) is 72.1 cm³/mol. The lowest BCUT2D eigenvalue weighted by molar-refractivity contribution is -0.143. The van der Waals surface area contributed by atoms with Crippen molar-refractivity contribution in [3.8, 4) is 0 Å². The van der Waals surface area contributed by atoms with E-state index in [4.69, 9.17) is 4.74 Å². The number of ether oxygens (including phenoxy) is 2. The molecule has 0 aliphatic carbocycles. The van der Waals surface area contributed by atoms with Crippen molar-refractivity contribution in [3.05, 3.63) is 0 Å². The maximum atomic E-state index is 11.7. The van der Waals surface area contributed by atoms with Crippen molar-refractivity contribution in [3.63, 3.8) is 0 Å². The van der Waals surface area contributed by atoms with Gasteiger partial charge in [-0.15, -0.1) is 0 Å². The normalized spacial score (nSPS) is 11.4. The molecule has 0 atom stereocenters. The molecule has 1 N–H and O–H groups in total. The Morgan fingerprint density at radius 3 is 2.40 bits per heavy atom. The molecule has 0 radical (unpaired) electrons. The third kappa shape index (κ3) is 8.08. The van der Waals surface area contributed by atoms with E-state index in [0.29, 0.717) is 13.0 Å². The van der Waals surface area contributed by atoms with Crippen LogP contribution < -0.4 is 4.72 Å². The molecule has 118 valence electrons. The summed E-state index contributed by atoms with van der Waals surface area (Å²) in [6.45, 7) is 2.17. The average molecular weight is 310 g/mol. The van der Waals surface area contributed by atoms with Gasteiger partial charge in [-0.05, 0) is 13.3 Å². The Hall–Kier alpha value is -1.19. The van der Waals surface area contributed by atoms with E-state index < -0.39 is 16.2 Å². The fourth-order valence-electron chi connectivity index (χ4n) is 1.25. The van der Waals surface area contributed by atoms with Gasteiger partial charge in [0.15, 0.2) is 0 Å². The molecule has 0 aliphatic heterocycles. The molecule has 9 heteroatoms. The van der Waals surface area contributed by atoms with Crippen LogP contribution in [-0.2, 0) is 29.3 Å². The third-order valence-corrected chi connectivity index (χ3v) is 3.99. The van der Waals surface area contributed by atoms with Crippen LogP contribution in [0.5, 0.6) is 0 Å². The van der Waals surface area contributed by atoms with Gasteiger partial charge >= 0.3 is 11.9 Å². The van der Waals surface area contributed by atoms with Gasteiger partial charge in [0.05, 0.1) is 20.1 Å². The van der Waals surface area contributed by atoms with Gasteiger partial charge in [-0.25, -0.2) is 4.72 Å². The molecule has 0 bridgehead atoms. The number of carbonyl (C=O) groups excluding carboxylic acids is 2. The Morgan fingerprint density at radius 2 is 1.85 bits per heavy atom. The quantitative estimate of drug-likeness (QED) is 0.437. The number of nitrogens with one attached hydrogen (secondary N) is 1. The molecule has 0 saturated heterocycles. The lowest BCUT2D eigenvalue weighted by Crippen LogP contribution is -2.39. The van der Waals surface area contributed by atoms with Crippen molar-refractivity contribution in [2.45, 2.75) is 26.2 Å². The maximum Gasteiger partial charge on any atom is 0.306 e. The number of carbonyl (C=O) groups is 2. The average Bonchev–Trinajstić information content (AvgIpc) is 2.40. The number of rotatable bonds is 10. The first kappa shape index (κ1) is 18.8. The molecule has 0 aromatic carbocycles. The summed E-state index contributed by atoms with van der Waals surface area (Å²) in [6, 6.07) is 0. The van der Waals surface area contributed by atoms with Crippen LogP contribution >= 0.6 is 0 Å². The van der Waals surface area contributed by atoms with Crippen molar-refractivity contribution < 1.29 is 27.5 Å². The SMILES string of the molecule is CCOC(=O)CCCNS(=O)(=O)N(C)CCC(=O)OC. The summed E-state index contributed by atoms with van der Waals surface area (Å²) in [5, 5.41) is 0. The largest absolute Gasteiger partial charge is 0.469 e. The van der Waals surface area contributed by atoms with Crippen LogP contribution in [0.2, 0.25) is 0 Å². The van der Waals surface area contributed by atoms with E-state index in [1.807, 2.05) is 0 Å². The highest BCUT2D eigenvalue weighted by Gasteiger charge is 2.18. The highest BCUT2D eigenvalue weighted by molar-refractivity contribution is 7.87. The maximum absolute atomic E-state index is 11.7. The van der Waals surface area contributed by atoms with Crippen molar-refractivity contribution >= 4 is 22.1 Å². The zero-order chi connectivity index (χ0) is 15.6. The molecule has 0 rings (SSSR count). The minimum atomic E-state index is -3.65. The number of esters is 2. The van der Waals surface area contributed by atoms with Crippen molar-refractivity contribution in [1.29, 1.82) is 0 Å². The predicted octanol–water partition coefficient (Wildman–Crippen LogP) is -0.341. The number of hydrogen-bond acceptors (Lipinski definition) is 6. The van der Waals surface area contributed by atoms with E-state index in [1.165, 1.54) is 14.2 Å². The number of methoxy groups -OCH3 is 1. The first-order chi connectivity index (χ1) is 9.33. The lowest BCUT2D eigenvalue weighted by atomic mass is 10.3. The fourth-order valence-corrected chi connectivity index (χ4v) is 2.20. The topological polar surface area (TPSA) is 102 Å². The second-order valence-electron chi connectivity index (χ2n) is 3.96. The van der Waals surface area contributed by atoms with Crippen molar-refractivity contribution in [1.82, 2.24) is 9.03 Å². The van der Waals surface area contributed by atoms with Crippen molar-refractivity contribution in [2.75, 3.05) is 33.9 Å². The minimum absolute atomic E-state index is 0.0171. The molecule has 8 nitrogen and oxygen atoms in total. The van der Waals surface area contributed by atoms with Gasteiger partial charge in [-0.3, -0.25) is 9.59 Å². The van der Waals surface area contributed by atoms with Gasteiger partial charge in [-0.1, -0.05) is 0 Å². The Labute approximate surface area is 119 Å². The molecule has 0 heterocycles. The fraction of sp³-hybridized carbons (Fsp3) is 0.818. The second-order valence-corrected chi connectivity index (χ2v) is 5.82. The monoisotopic (exact) mass is 310 g/mol. The van der Waals surface area contributed by atoms with Crippen LogP contribution in [0.25, 0.3) is 0 Å². The molecule has 0 fully saturated rings. The smallest absolute Gasteiger partial charge is 0.306 e. The summed E-state index contributed by atoms with van der Waals surface area (Å²) >= 11 is 0. The van der Waals surface area contributed by atoms with Crippen LogP contribution in [0.1, 0.15) is 26.2 Å². The molecule has 0 aromatic rings. The van der Waals surface area contributed by atoms with Gasteiger partial charge in [-0.2, -0.15) is 12.7 Å². The standard InChI is InChI=1S/C11H22N2O6S/c1-4-19-11(15)6-5-8-12-20(16,17)13(2)9-7-10(14)18-3/h12H,4-9H2,1-3H3. The summed E-state index contributed by atoms with van der Waals surface area (Å²) in [6.07, 6.45) is 0.488. The van der Waals surface area contributed by atoms with Gasteiger partial charge in [0.25, 0.3) is 10.2 Å². The van der Waals surface area contributed by atoms with E-state index in [1.54, 1.807) is 6.92 Å². The Morgan fingerprint density at radius 1 is 1.20 bits per heavy atom. The summed E-state index contributed by atoms with van der Waals surface area (Å²) in [5.74, 6) is -0.833. The Kier molecular flexibility index (Phi) is 9.10. The van der Waals surface area contributed by atoms with E-state index in [0.717, 1.165) is 4.31 Å². The molecule has 0 amide bonds. The zero-order valence-corrected chi connectivity index (χ0v) is 12.9. The zero-order valence-electron chi connectivity index (χ0n) is 12.0. The highest BCUT2D eigenvalue weighted by Crippen LogP contribution is 1.98. The van der Waals surface area contributed by atoms with E-state index in [2.05, 4.69) is 9.46 Å². The van der Waals surface area contributed by atoms with Gasteiger partial charge in [0, 0.05) is 26.6 Å². The molecular formula is C11H22N2O6S. The minimum Gasteiger partial charge on any atom is -0.469 e. The second kappa shape index (κ2) is 9.67. The molecule has 0 unspecified atom stereocenters. The van der Waals surface area contributed by atoms with Gasteiger partial charge < -0.3 is 9.47 Å². The van der Waals surface area contributed by atoms with E-state index in [-0.39, 0.29) is 31.9 Å². The first-order valence-corrected chi connectivity index (χ1v) is 7.70. The molecule has 20 heavy (non-hydrogen) atoms. The Balaban J connectivity index is 3.99. The summed E-state index contributed by atoms with van der Waals surface area (Å²) < 4.78 is 36.0. The summed E-state index contributed by atoms with van der Waals surface area (Å²) in [4.78, 5) is 22.0. The molecular weight excluding hydrogens is 288 g/mol. The van der Waals surface area contributed by atoms with E-state index in [9.17, 15) is 18.0 Å². The van der Waals surface area contributed by atoms with Crippen LogP contribution in [0.4, 0.5) is 0 Å². The summed E-state index contributed by atoms with van der Waals surface area (Å²) in [5.41, 5.74) is 0. The van der Waals surface area contributed by atoms with Crippen LogP contribution in [0, 0.1) is 0 Å². The van der Waals surface area contributed by atoms with Gasteiger partial charge in [0.1, 0.15) is 0 Å². The van der Waals surface area contributed by atoms with Crippen LogP contribution in [-0.4, -0.2) is 58.5 Å². The molecule has 0 spiro atoms. The van der Waals surface area contributed by atoms with Crippen LogP contribution in [0.15, 0.2) is 0 Å². The Bertz CT molecular complexity index is 409. The van der Waals surface area contributed by atoms with Crippen LogP contribution in [0.3, 0.4) is 0 Å². The molecule has 0 aromatic heterocycles. The molecule has 0 saturated carbocycles.